The van der Waals surface area contributed by atoms with Gasteiger partial charge in [-0.25, -0.2) is 0 Å². The molecular weight excluding hydrogens is 224 g/mol. The Hall–Kier alpha value is -1.90. The molecule has 0 radical (unpaired) electrons. The number of aldehydes is 1. The van der Waals surface area contributed by atoms with Gasteiger partial charge < -0.3 is 0 Å². The first-order valence-electron chi connectivity index (χ1n) is 6.26. The maximum Gasteiger partial charge on any atom is 0.153 e. The van der Waals surface area contributed by atoms with Gasteiger partial charge in [0.05, 0.1) is 5.56 Å². The summed E-state index contributed by atoms with van der Waals surface area (Å²) in [5.41, 5.74) is 4.91. The number of nitrogens with zero attached hydrogens (tertiary/aromatic N) is 2. The number of carbonyl (C=O) groups is 1. The first-order valence-corrected chi connectivity index (χ1v) is 6.26. The molecule has 0 aliphatic heterocycles. The molecule has 0 saturated carbocycles. The van der Waals surface area contributed by atoms with Crippen molar-refractivity contribution >= 4 is 6.29 Å². The molecule has 2 rings (SSSR count). The predicted molar refractivity (Wildman–Crippen MR) is 72.8 cm³/mol. The normalized spacial score (nSPS) is 10.6. The van der Waals surface area contributed by atoms with Gasteiger partial charge >= 0.3 is 0 Å². The fourth-order valence-corrected chi connectivity index (χ4v) is 1.98. The van der Waals surface area contributed by atoms with Gasteiger partial charge in [-0.15, -0.1) is 0 Å². The van der Waals surface area contributed by atoms with Crippen LogP contribution in [0.1, 0.15) is 34.8 Å². The Balaban J connectivity index is 2.48. The minimum Gasteiger partial charge on any atom is -0.298 e. The number of hydrogen-bond acceptors (Lipinski definition) is 2. The molecule has 3 nitrogen and oxygen atoms in total. The highest BCUT2D eigenvalue weighted by molar-refractivity contribution is 5.85. The molecule has 94 valence electrons. The number of hydrogen-bond donors (Lipinski definition) is 0. The Labute approximate surface area is 107 Å². The average Bonchev–Trinajstić information content (AvgIpc) is 2.76. The van der Waals surface area contributed by atoms with E-state index in [4.69, 9.17) is 0 Å². The van der Waals surface area contributed by atoms with E-state index in [0.29, 0.717) is 5.56 Å². The van der Waals surface area contributed by atoms with E-state index in [1.807, 2.05) is 16.9 Å². The molecule has 0 amide bonds. The topological polar surface area (TPSA) is 34.9 Å². The van der Waals surface area contributed by atoms with Crippen LogP contribution in [0.3, 0.4) is 0 Å². The lowest BCUT2D eigenvalue weighted by molar-refractivity contribution is 0.112. The number of aromatic nitrogens is 2. The van der Waals surface area contributed by atoms with Crippen molar-refractivity contribution in [1.82, 2.24) is 9.78 Å². The predicted octanol–water partition coefficient (Wildman–Crippen LogP) is 3.39. The molecule has 3 heteroatoms. The zero-order valence-electron chi connectivity index (χ0n) is 11.1. The SMILES string of the molecule is CCCn1cc(C=O)c(-c2ccc(C)c(C)c2)n1. The first-order chi connectivity index (χ1) is 8.65. The highest BCUT2D eigenvalue weighted by Crippen LogP contribution is 2.23. The Kier molecular flexibility index (Phi) is 3.60. The third kappa shape index (κ3) is 2.35. The molecular formula is C15H18N2O. The van der Waals surface area contributed by atoms with Gasteiger partial charge in [0.15, 0.2) is 6.29 Å². The van der Waals surface area contributed by atoms with Crippen LogP contribution in [0.25, 0.3) is 11.3 Å². The molecule has 0 spiro atoms. The van der Waals surface area contributed by atoms with Gasteiger partial charge in [-0.1, -0.05) is 19.1 Å². The van der Waals surface area contributed by atoms with Crippen LogP contribution < -0.4 is 0 Å². The number of carbonyl (C=O) groups excluding carboxylic acids is 1. The van der Waals surface area contributed by atoms with Crippen molar-refractivity contribution in [2.45, 2.75) is 33.7 Å². The van der Waals surface area contributed by atoms with Crippen molar-refractivity contribution in [3.05, 3.63) is 41.1 Å². The fraction of sp³-hybridized carbons (Fsp3) is 0.333. The number of benzene rings is 1. The first kappa shape index (κ1) is 12.6. The minimum absolute atomic E-state index is 0.659. The Morgan fingerprint density at radius 1 is 1.28 bits per heavy atom. The summed E-state index contributed by atoms with van der Waals surface area (Å²) >= 11 is 0. The van der Waals surface area contributed by atoms with Crippen LogP contribution in [-0.4, -0.2) is 16.1 Å². The van der Waals surface area contributed by atoms with E-state index in [1.54, 1.807) is 0 Å². The van der Waals surface area contributed by atoms with Crippen LogP contribution in [0, 0.1) is 13.8 Å². The minimum atomic E-state index is 0.659. The zero-order valence-corrected chi connectivity index (χ0v) is 11.1. The maximum absolute atomic E-state index is 11.1. The van der Waals surface area contributed by atoms with Gasteiger partial charge in [0.2, 0.25) is 0 Å². The Morgan fingerprint density at radius 3 is 2.67 bits per heavy atom. The summed E-state index contributed by atoms with van der Waals surface area (Å²) in [7, 11) is 0. The largest absolute Gasteiger partial charge is 0.298 e. The standard InChI is InChI=1S/C15H18N2O/c1-4-7-17-9-14(10-18)15(16-17)13-6-5-11(2)12(3)8-13/h5-6,8-10H,4,7H2,1-3H3. The van der Waals surface area contributed by atoms with Crippen LogP contribution in [0.4, 0.5) is 0 Å². The van der Waals surface area contributed by atoms with E-state index >= 15 is 0 Å². The van der Waals surface area contributed by atoms with Crippen molar-refractivity contribution in [2.24, 2.45) is 0 Å². The number of rotatable bonds is 4. The van der Waals surface area contributed by atoms with E-state index in [1.165, 1.54) is 11.1 Å². The summed E-state index contributed by atoms with van der Waals surface area (Å²) in [4.78, 5) is 11.1. The third-order valence-corrected chi connectivity index (χ3v) is 3.15. The summed E-state index contributed by atoms with van der Waals surface area (Å²) < 4.78 is 1.84. The Morgan fingerprint density at radius 2 is 2.06 bits per heavy atom. The van der Waals surface area contributed by atoms with E-state index in [9.17, 15) is 4.79 Å². The summed E-state index contributed by atoms with van der Waals surface area (Å²) in [5.74, 6) is 0. The Bertz CT molecular complexity index is 570. The van der Waals surface area contributed by atoms with E-state index in [0.717, 1.165) is 30.5 Å². The molecule has 2 aromatic rings. The average molecular weight is 242 g/mol. The van der Waals surface area contributed by atoms with Crippen LogP contribution >= 0.6 is 0 Å². The quantitative estimate of drug-likeness (QED) is 0.770. The zero-order chi connectivity index (χ0) is 13.1. The van der Waals surface area contributed by atoms with E-state index in [2.05, 4.69) is 38.0 Å². The molecule has 1 aromatic heterocycles. The lowest BCUT2D eigenvalue weighted by Crippen LogP contribution is -1.96. The molecule has 0 fully saturated rings. The maximum atomic E-state index is 11.1. The van der Waals surface area contributed by atoms with Crippen LogP contribution in [0.5, 0.6) is 0 Å². The van der Waals surface area contributed by atoms with Gasteiger partial charge in [-0.2, -0.15) is 5.10 Å². The van der Waals surface area contributed by atoms with Crippen LogP contribution in [0.15, 0.2) is 24.4 Å². The molecule has 18 heavy (non-hydrogen) atoms. The van der Waals surface area contributed by atoms with Crippen LogP contribution in [0.2, 0.25) is 0 Å². The number of aryl methyl sites for hydroxylation is 3. The molecule has 0 saturated heterocycles. The van der Waals surface area contributed by atoms with Gasteiger partial charge in [-0.05, 0) is 37.5 Å². The summed E-state index contributed by atoms with van der Waals surface area (Å²) in [6, 6.07) is 6.17. The highest BCUT2D eigenvalue weighted by Gasteiger charge is 2.10. The van der Waals surface area contributed by atoms with Crippen molar-refractivity contribution < 1.29 is 4.79 Å². The third-order valence-electron chi connectivity index (χ3n) is 3.15. The monoisotopic (exact) mass is 242 g/mol. The van der Waals surface area contributed by atoms with Gasteiger partial charge in [0.25, 0.3) is 0 Å². The van der Waals surface area contributed by atoms with Crippen LogP contribution in [-0.2, 0) is 6.54 Å². The smallest absolute Gasteiger partial charge is 0.153 e. The van der Waals surface area contributed by atoms with Gasteiger partial charge in [0.1, 0.15) is 5.69 Å². The van der Waals surface area contributed by atoms with Crippen molar-refractivity contribution in [1.29, 1.82) is 0 Å². The molecule has 0 bridgehead atoms. The molecule has 0 N–H and O–H groups in total. The second kappa shape index (κ2) is 5.17. The summed E-state index contributed by atoms with van der Waals surface area (Å²) in [6.07, 6.45) is 3.71. The summed E-state index contributed by atoms with van der Waals surface area (Å²) in [6.45, 7) is 7.08. The van der Waals surface area contributed by atoms with E-state index < -0.39 is 0 Å². The lowest BCUT2D eigenvalue weighted by Gasteiger charge is -2.03. The van der Waals surface area contributed by atoms with Crippen molar-refractivity contribution in [2.75, 3.05) is 0 Å². The second-order valence-corrected chi connectivity index (χ2v) is 4.61. The molecule has 1 heterocycles. The fourth-order valence-electron chi connectivity index (χ4n) is 1.98. The van der Waals surface area contributed by atoms with E-state index in [-0.39, 0.29) is 0 Å². The van der Waals surface area contributed by atoms with Gasteiger partial charge in [-0.3, -0.25) is 9.48 Å². The molecule has 0 atom stereocenters. The van der Waals surface area contributed by atoms with Crippen molar-refractivity contribution in [3.63, 3.8) is 0 Å². The lowest BCUT2D eigenvalue weighted by atomic mass is 10.0. The molecule has 0 unspecified atom stereocenters. The van der Waals surface area contributed by atoms with Crippen molar-refractivity contribution in [3.8, 4) is 11.3 Å². The molecule has 1 aromatic carbocycles. The molecule has 0 aliphatic rings. The second-order valence-electron chi connectivity index (χ2n) is 4.61. The summed E-state index contributed by atoms with van der Waals surface area (Å²) in [5, 5.41) is 4.50. The van der Waals surface area contributed by atoms with Gasteiger partial charge in [0, 0.05) is 18.3 Å². The highest BCUT2D eigenvalue weighted by atomic mass is 16.1. The molecule has 0 aliphatic carbocycles.